The van der Waals surface area contributed by atoms with Crippen molar-refractivity contribution < 1.29 is 4.42 Å². The van der Waals surface area contributed by atoms with E-state index < -0.39 is 0 Å². The summed E-state index contributed by atoms with van der Waals surface area (Å²) in [5.41, 5.74) is 12.1. The molecular formula is C54H35N5O. The maximum Gasteiger partial charge on any atom is 0.161 e. The first-order valence-electron chi connectivity index (χ1n) is 19.9. The van der Waals surface area contributed by atoms with Crippen LogP contribution in [0.2, 0.25) is 0 Å². The molecule has 0 bridgehead atoms. The third-order valence-corrected chi connectivity index (χ3v) is 11.1. The first-order chi connectivity index (χ1) is 29.7. The van der Waals surface area contributed by atoms with Crippen LogP contribution in [-0.2, 0) is 0 Å². The van der Waals surface area contributed by atoms with Crippen molar-refractivity contribution in [3.05, 3.63) is 217 Å². The van der Waals surface area contributed by atoms with Crippen molar-refractivity contribution >= 4 is 72.5 Å². The zero-order chi connectivity index (χ0) is 40.0. The summed E-state index contributed by atoms with van der Waals surface area (Å²) in [6, 6.07) is 67.9. The minimum atomic E-state index is 0.116. The van der Waals surface area contributed by atoms with Crippen LogP contribution in [-0.4, -0.2) is 27.4 Å². The van der Waals surface area contributed by atoms with E-state index in [0.29, 0.717) is 11.4 Å². The van der Waals surface area contributed by atoms with E-state index in [1.54, 1.807) is 0 Å². The number of para-hydroxylation sites is 4. The quantitative estimate of drug-likeness (QED) is 0.135. The number of furan rings is 1. The summed E-state index contributed by atoms with van der Waals surface area (Å²) in [5.74, 6) is 0.563. The largest absolute Gasteiger partial charge is 0.455 e. The molecule has 0 aliphatic heterocycles. The highest BCUT2D eigenvalue weighted by Gasteiger charge is 2.18. The molecule has 0 saturated carbocycles. The van der Waals surface area contributed by atoms with Gasteiger partial charge in [-0.3, -0.25) is 5.41 Å². The average Bonchev–Trinajstić information content (AvgIpc) is 3.87. The Labute approximate surface area is 345 Å². The van der Waals surface area contributed by atoms with Crippen LogP contribution >= 0.6 is 0 Å². The lowest BCUT2D eigenvalue weighted by molar-refractivity contribution is 0.672. The fourth-order valence-corrected chi connectivity index (χ4v) is 8.28. The highest BCUT2D eigenvalue weighted by atomic mass is 16.3. The first-order valence-corrected chi connectivity index (χ1v) is 19.9. The van der Waals surface area contributed by atoms with Crippen LogP contribution in [0, 0.1) is 5.41 Å². The van der Waals surface area contributed by atoms with Gasteiger partial charge in [0.1, 0.15) is 11.2 Å². The van der Waals surface area contributed by atoms with E-state index in [1.165, 1.54) is 10.8 Å². The van der Waals surface area contributed by atoms with Gasteiger partial charge in [0.25, 0.3) is 0 Å². The highest BCUT2D eigenvalue weighted by Crippen LogP contribution is 2.40. The number of hydrogen-bond donors (Lipinski definition) is 1. The molecule has 0 spiro atoms. The van der Waals surface area contributed by atoms with Gasteiger partial charge in [0.2, 0.25) is 0 Å². The number of benzene rings is 8. The SMILES string of the molecule is N=C(N=C(N=Cc1ccccc1)c1cccc(-n2c3ccccc3c3ccccc32)c1)c1cccc(-c2ccc(-c3nc4ccccc4c4oc5ccccc5c34)cc2)c1. The lowest BCUT2D eigenvalue weighted by atomic mass is 9.98. The Morgan fingerprint density at radius 3 is 1.95 bits per heavy atom. The Bertz CT molecular complexity index is 3450. The van der Waals surface area contributed by atoms with E-state index >= 15 is 0 Å². The van der Waals surface area contributed by atoms with Crippen molar-refractivity contribution in [1.29, 1.82) is 5.41 Å². The number of aliphatic imine (C=N–C) groups is 2. The monoisotopic (exact) mass is 769 g/mol. The smallest absolute Gasteiger partial charge is 0.161 e. The standard InChI is InChI=1S/C54H35N5O/c55-53(58-54(56-34-35-14-2-1-3-15-35)40-18-13-19-41(33-40)59-47-25-9-5-20-42(47)43-21-6-10-26-48(43)59)39-17-12-16-38(32-39)36-28-30-37(31-29-36)51-50-45-23-7-11-27-49(45)60-52(50)44-22-4-8-24-46(44)57-51/h1-34,55H. The van der Waals surface area contributed by atoms with Crippen molar-refractivity contribution in [1.82, 2.24) is 9.55 Å². The van der Waals surface area contributed by atoms with E-state index in [1.807, 2.05) is 103 Å². The Hall–Kier alpha value is -8.22. The van der Waals surface area contributed by atoms with Crippen molar-refractivity contribution in [3.8, 4) is 28.1 Å². The summed E-state index contributed by atoms with van der Waals surface area (Å²) in [7, 11) is 0. The molecule has 0 radical (unpaired) electrons. The molecule has 0 aliphatic carbocycles. The minimum absolute atomic E-state index is 0.116. The number of nitrogens with one attached hydrogen (secondary N) is 1. The van der Waals surface area contributed by atoms with E-state index in [4.69, 9.17) is 19.4 Å². The number of aromatic nitrogens is 2. The Balaban J connectivity index is 0.958. The summed E-state index contributed by atoms with van der Waals surface area (Å²) >= 11 is 0. The van der Waals surface area contributed by atoms with Gasteiger partial charge in [0.05, 0.1) is 27.6 Å². The van der Waals surface area contributed by atoms with Gasteiger partial charge in [-0.2, -0.15) is 0 Å². The van der Waals surface area contributed by atoms with Crippen molar-refractivity contribution in [2.24, 2.45) is 9.98 Å². The number of rotatable bonds is 6. The number of pyridine rings is 1. The normalized spacial score (nSPS) is 12.1. The molecule has 11 rings (SSSR count). The van der Waals surface area contributed by atoms with Crippen molar-refractivity contribution in [2.45, 2.75) is 0 Å². The number of hydrogen-bond acceptors (Lipinski definition) is 3. The van der Waals surface area contributed by atoms with Crippen LogP contribution in [0.4, 0.5) is 0 Å². The minimum Gasteiger partial charge on any atom is -0.455 e. The molecule has 3 heterocycles. The number of nitrogens with zero attached hydrogens (tertiary/aromatic N) is 4. The molecule has 1 N–H and O–H groups in total. The first kappa shape index (κ1) is 35.0. The molecule has 0 aliphatic rings. The summed E-state index contributed by atoms with van der Waals surface area (Å²) in [6.07, 6.45) is 1.81. The molecule has 0 saturated heterocycles. The Morgan fingerprint density at radius 2 is 1.17 bits per heavy atom. The third-order valence-electron chi connectivity index (χ3n) is 11.1. The van der Waals surface area contributed by atoms with Crippen LogP contribution in [0.5, 0.6) is 0 Å². The van der Waals surface area contributed by atoms with Gasteiger partial charge in [-0.25, -0.2) is 15.0 Å². The van der Waals surface area contributed by atoms with Crippen LogP contribution in [0.25, 0.3) is 82.7 Å². The molecule has 3 aromatic heterocycles. The number of amidine groups is 2. The van der Waals surface area contributed by atoms with Gasteiger partial charge in [-0.1, -0.05) is 152 Å². The van der Waals surface area contributed by atoms with E-state index in [-0.39, 0.29) is 5.84 Å². The van der Waals surface area contributed by atoms with Crippen molar-refractivity contribution in [2.75, 3.05) is 0 Å². The highest BCUT2D eigenvalue weighted by molar-refractivity contribution is 6.19. The van der Waals surface area contributed by atoms with Gasteiger partial charge in [0, 0.05) is 50.1 Å². The summed E-state index contributed by atoms with van der Waals surface area (Å²) in [6.45, 7) is 0. The van der Waals surface area contributed by atoms with Gasteiger partial charge < -0.3 is 8.98 Å². The summed E-state index contributed by atoms with van der Waals surface area (Å²) < 4.78 is 8.70. The lowest BCUT2D eigenvalue weighted by Crippen LogP contribution is -2.06. The second kappa shape index (κ2) is 14.6. The number of fused-ring (bicyclic) bond motifs is 8. The second-order valence-electron chi connectivity index (χ2n) is 14.8. The molecule has 0 amide bonds. The molecule has 0 fully saturated rings. The van der Waals surface area contributed by atoms with Gasteiger partial charge in [0.15, 0.2) is 11.7 Å². The molecule has 8 aromatic carbocycles. The van der Waals surface area contributed by atoms with Crippen LogP contribution in [0.15, 0.2) is 215 Å². The van der Waals surface area contributed by atoms with Crippen LogP contribution in [0.3, 0.4) is 0 Å². The molecule has 0 unspecified atom stereocenters. The maximum absolute atomic E-state index is 9.32. The second-order valence-corrected chi connectivity index (χ2v) is 14.8. The molecule has 0 atom stereocenters. The van der Waals surface area contributed by atoms with Crippen LogP contribution in [0.1, 0.15) is 16.7 Å². The summed E-state index contributed by atoms with van der Waals surface area (Å²) in [5, 5.41) is 14.8. The molecule has 6 nitrogen and oxygen atoms in total. The fraction of sp³-hybridized carbons (Fsp3) is 0. The molecule has 6 heteroatoms. The van der Waals surface area contributed by atoms with Gasteiger partial charge in [-0.05, 0) is 65.2 Å². The van der Waals surface area contributed by atoms with E-state index in [0.717, 1.165) is 83.1 Å². The zero-order valence-electron chi connectivity index (χ0n) is 32.3. The zero-order valence-corrected chi connectivity index (χ0v) is 32.3. The maximum atomic E-state index is 9.32. The topological polar surface area (TPSA) is 79.5 Å². The predicted octanol–water partition coefficient (Wildman–Crippen LogP) is 13.5. The van der Waals surface area contributed by atoms with E-state index in [2.05, 4.69) is 108 Å². The van der Waals surface area contributed by atoms with Crippen LogP contribution < -0.4 is 0 Å². The molecule has 11 aromatic rings. The average molecular weight is 770 g/mol. The fourth-order valence-electron chi connectivity index (χ4n) is 8.28. The summed E-state index contributed by atoms with van der Waals surface area (Å²) in [4.78, 5) is 15.0. The van der Waals surface area contributed by atoms with E-state index in [9.17, 15) is 5.41 Å². The molecular weight excluding hydrogens is 735 g/mol. The Kier molecular flexibility index (Phi) is 8.52. The lowest BCUT2D eigenvalue weighted by Gasteiger charge is -2.11. The molecule has 282 valence electrons. The third kappa shape index (κ3) is 6.15. The molecule has 60 heavy (non-hydrogen) atoms. The van der Waals surface area contributed by atoms with Gasteiger partial charge in [-0.15, -0.1) is 0 Å². The van der Waals surface area contributed by atoms with Crippen molar-refractivity contribution in [3.63, 3.8) is 0 Å². The Morgan fingerprint density at radius 1 is 0.533 bits per heavy atom. The van der Waals surface area contributed by atoms with Gasteiger partial charge >= 0.3 is 0 Å². The predicted molar refractivity (Wildman–Crippen MR) is 248 cm³/mol.